The molecule has 1 saturated heterocycles. The van der Waals surface area contributed by atoms with Crippen molar-refractivity contribution < 1.29 is 36.6 Å². The zero-order valence-corrected chi connectivity index (χ0v) is 20.4. The van der Waals surface area contributed by atoms with Gasteiger partial charge in [0.25, 0.3) is 0 Å². The number of hydrogen-bond acceptors (Lipinski definition) is 7. The molecule has 39 heavy (non-hydrogen) atoms. The molecule has 0 spiro atoms. The van der Waals surface area contributed by atoms with Crippen molar-refractivity contribution in [1.82, 2.24) is 19.4 Å². The molecule has 1 amide bonds. The van der Waals surface area contributed by atoms with Crippen LogP contribution in [0, 0.1) is 24.4 Å². The summed E-state index contributed by atoms with van der Waals surface area (Å²) in [5.41, 5.74) is -0.433. The van der Waals surface area contributed by atoms with Crippen molar-refractivity contribution in [3.05, 3.63) is 65.6 Å². The quantitative estimate of drug-likeness (QED) is 0.391. The van der Waals surface area contributed by atoms with Gasteiger partial charge in [0.2, 0.25) is 5.95 Å². The standard InChI is InChI=1S/C25H19F5N6O3/c1-12-19(9-36-18-4-14(26)3-17(28)21(18)39-25(29,30)22(36)37)35-8-15(16(27)5-20(35)33-12)13-6-31-23(32-7-13)34-10-24(2,38)11-34/h3-8,38H,9-11H2,1-2H3. The monoisotopic (exact) mass is 546 g/mol. The number of amides is 1. The summed E-state index contributed by atoms with van der Waals surface area (Å²) in [6.45, 7) is 3.33. The SMILES string of the molecule is Cc1nc2cc(F)c(-c3cnc(N4CC(C)(O)C4)nc3)cn2c1CN1C(=O)C(F)(F)Oc2c(F)cc(F)cc21. The van der Waals surface area contributed by atoms with Crippen LogP contribution in [0.15, 0.2) is 36.8 Å². The first-order valence-electron chi connectivity index (χ1n) is 11.7. The molecule has 0 atom stereocenters. The second-order valence-electron chi connectivity index (χ2n) is 9.78. The van der Waals surface area contributed by atoms with Gasteiger partial charge < -0.3 is 19.1 Å². The van der Waals surface area contributed by atoms with Crippen molar-refractivity contribution >= 4 is 23.2 Å². The van der Waals surface area contributed by atoms with E-state index >= 15 is 4.39 Å². The second kappa shape index (κ2) is 8.33. The van der Waals surface area contributed by atoms with Crippen LogP contribution in [0.1, 0.15) is 18.3 Å². The Kier molecular flexibility index (Phi) is 5.34. The number of rotatable bonds is 4. The Balaban J connectivity index is 1.39. The maximum Gasteiger partial charge on any atom is 0.483 e. The molecule has 0 aliphatic carbocycles. The zero-order valence-electron chi connectivity index (χ0n) is 20.4. The number of aromatic nitrogens is 4. The Morgan fingerprint density at radius 3 is 2.44 bits per heavy atom. The molecule has 14 heteroatoms. The highest BCUT2D eigenvalue weighted by molar-refractivity contribution is 6.00. The van der Waals surface area contributed by atoms with Crippen LogP contribution in [-0.2, 0) is 11.3 Å². The van der Waals surface area contributed by atoms with E-state index in [1.807, 2.05) is 0 Å². The number of alkyl halides is 2. The van der Waals surface area contributed by atoms with E-state index in [0.29, 0.717) is 41.6 Å². The van der Waals surface area contributed by atoms with Gasteiger partial charge in [0.15, 0.2) is 11.6 Å². The van der Waals surface area contributed by atoms with Crippen LogP contribution in [0.3, 0.4) is 0 Å². The number of carbonyl (C=O) groups is 1. The van der Waals surface area contributed by atoms with Crippen LogP contribution in [0.4, 0.5) is 33.6 Å². The molecule has 0 unspecified atom stereocenters. The molecule has 202 valence electrons. The highest BCUT2D eigenvalue weighted by atomic mass is 19.3. The van der Waals surface area contributed by atoms with Crippen LogP contribution in [0.5, 0.6) is 5.75 Å². The van der Waals surface area contributed by atoms with Gasteiger partial charge >= 0.3 is 12.0 Å². The summed E-state index contributed by atoms with van der Waals surface area (Å²) in [4.78, 5) is 27.6. The van der Waals surface area contributed by atoms with Crippen LogP contribution >= 0.6 is 0 Å². The molecule has 4 aromatic rings. The van der Waals surface area contributed by atoms with Crippen LogP contribution in [0.2, 0.25) is 0 Å². The normalized spacial score (nSPS) is 17.7. The van der Waals surface area contributed by atoms with Gasteiger partial charge in [-0.25, -0.2) is 28.1 Å². The molecule has 1 fully saturated rings. The third-order valence-corrected chi connectivity index (χ3v) is 6.62. The van der Waals surface area contributed by atoms with Gasteiger partial charge in [0.1, 0.15) is 17.3 Å². The minimum Gasteiger partial charge on any atom is -0.420 e. The lowest BCUT2D eigenvalue weighted by atomic mass is 9.98. The lowest BCUT2D eigenvalue weighted by molar-refractivity contribution is -0.193. The lowest BCUT2D eigenvalue weighted by Gasteiger charge is -2.44. The van der Waals surface area contributed by atoms with Gasteiger partial charge in [0.05, 0.1) is 42.3 Å². The third kappa shape index (κ3) is 4.11. The van der Waals surface area contributed by atoms with Crippen molar-refractivity contribution in [3.63, 3.8) is 0 Å². The predicted molar refractivity (Wildman–Crippen MR) is 127 cm³/mol. The summed E-state index contributed by atoms with van der Waals surface area (Å²) >= 11 is 0. The van der Waals surface area contributed by atoms with Crippen molar-refractivity contribution in [2.24, 2.45) is 0 Å². The van der Waals surface area contributed by atoms with E-state index in [4.69, 9.17) is 0 Å². The Labute approximate surface area is 217 Å². The number of anilines is 2. The number of carbonyl (C=O) groups excluding carboxylic acids is 1. The fourth-order valence-electron chi connectivity index (χ4n) is 4.77. The van der Waals surface area contributed by atoms with Crippen LogP contribution in [0.25, 0.3) is 16.8 Å². The summed E-state index contributed by atoms with van der Waals surface area (Å²) in [5, 5.41) is 9.92. The van der Waals surface area contributed by atoms with Gasteiger partial charge in [-0.1, -0.05) is 0 Å². The smallest absolute Gasteiger partial charge is 0.420 e. The van der Waals surface area contributed by atoms with E-state index < -0.39 is 53.1 Å². The fourth-order valence-corrected chi connectivity index (χ4v) is 4.77. The Morgan fingerprint density at radius 2 is 1.77 bits per heavy atom. The first-order valence-corrected chi connectivity index (χ1v) is 11.7. The first kappa shape index (κ1) is 25.0. The van der Waals surface area contributed by atoms with Crippen molar-refractivity contribution in [1.29, 1.82) is 0 Å². The highest BCUT2D eigenvalue weighted by Gasteiger charge is 2.52. The summed E-state index contributed by atoms with van der Waals surface area (Å²) in [5.74, 6) is -5.60. The largest absolute Gasteiger partial charge is 0.483 e. The number of ether oxygens (including phenoxy) is 1. The van der Waals surface area contributed by atoms with E-state index in [1.54, 1.807) is 11.8 Å². The molecule has 0 radical (unpaired) electrons. The van der Waals surface area contributed by atoms with E-state index in [0.717, 1.165) is 6.07 Å². The molecule has 0 bridgehead atoms. The van der Waals surface area contributed by atoms with E-state index in [9.17, 15) is 27.5 Å². The Bertz CT molecular complexity index is 1650. The molecule has 3 aromatic heterocycles. The topological polar surface area (TPSA) is 96.1 Å². The number of fused-ring (bicyclic) bond motifs is 2. The fraction of sp³-hybridized carbons (Fsp3) is 0.280. The molecule has 2 aliphatic heterocycles. The van der Waals surface area contributed by atoms with E-state index in [1.165, 1.54) is 29.9 Å². The summed E-state index contributed by atoms with van der Waals surface area (Å²) in [6, 6.07) is 2.20. The van der Waals surface area contributed by atoms with E-state index in [-0.39, 0.29) is 22.6 Å². The summed E-state index contributed by atoms with van der Waals surface area (Å²) in [7, 11) is 0. The van der Waals surface area contributed by atoms with E-state index in [2.05, 4.69) is 19.7 Å². The molecule has 1 aromatic carbocycles. The average molecular weight is 546 g/mol. The van der Waals surface area contributed by atoms with Crippen molar-refractivity contribution in [3.8, 4) is 16.9 Å². The number of β-amino-alcohol motifs (C(OH)–C–C–N with tert-alkyl or cyclic N) is 1. The molecule has 0 saturated carbocycles. The molecule has 6 rings (SSSR count). The molecular formula is C25H19F5N6O3. The number of imidazole rings is 1. The number of benzene rings is 1. The molecular weight excluding hydrogens is 527 g/mol. The van der Waals surface area contributed by atoms with Crippen molar-refractivity contribution in [2.75, 3.05) is 22.9 Å². The molecule has 5 heterocycles. The van der Waals surface area contributed by atoms with Crippen LogP contribution in [-0.4, -0.2) is 55.2 Å². The van der Waals surface area contributed by atoms with Gasteiger partial charge in [0, 0.05) is 47.9 Å². The Hall–Kier alpha value is -4.33. The number of nitrogens with zero attached hydrogens (tertiary/aromatic N) is 6. The summed E-state index contributed by atoms with van der Waals surface area (Å²) in [6.07, 6.45) is -0.253. The number of halogens is 5. The minimum atomic E-state index is -4.40. The number of hydrogen-bond donors (Lipinski definition) is 1. The van der Waals surface area contributed by atoms with Gasteiger partial charge in [-0.15, -0.1) is 0 Å². The third-order valence-electron chi connectivity index (χ3n) is 6.62. The molecule has 9 nitrogen and oxygen atoms in total. The summed E-state index contributed by atoms with van der Waals surface area (Å²) < 4.78 is 77.7. The van der Waals surface area contributed by atoms with Gasteiger partial charge in [-0.2, -0.15) is 8.78 Å². The molecule has 2 aliphatic rings. The first-order chi connectivity index (χ1) is 18.3. The number of pyridine rings is 1. The van der Waals surface area contributed by atoms with Crippen molar-refractivity contribution in [2.45, 2.75) is 32.1 Å². The molecule has 1 N–H and O–H groups in total. The highest BCUT2D eigenvalue weighted by Crippen LogP contribution is 2.42. The lowest BCUT2D eigenvalue weighted by Crippen LogP contribution is -2.60. The number of aryl methyl sites for hydroxylation is 1. The average Bonchev–Trinajstić information content (AvgIpc) is 3.14. The predicted octanol–water partition coefficient (Wildman–Crippen LogP) is 3.61. The zero-order chi connectivity index (χ0) is 27.9. The maximum atomic E-state index is 15.1. The van der Waals surface area contributed by atoms with Gasteiger partial charge in [-0.05, 0) is 13.8 Å². The second-order valence-corrected chi connectivity index (χ2v) is 9.78. The maximum absolute atomic E-state index is 15.1. The minimum absolute atomic E-state index is 0.0550. The van der Waals surface area contributed by atoms with Crippen LogP contribution < -0.4 is 14.5 Å². The number of aliphatic hydroxyl groups is 1. The Morgan fingerprint density at radius 1 is 1.08 bits per heavy atom. The van der Waals surface area contributed by atoms with Gasteiger partial charge in [-0.3, -0.25) is 9.69 Å².